The molecule has 80 valence electrons. The van der Waals surface area contributed by atoms with Crippen LogP contribution in [0.2, 0.25) is 0 Å². The third-order valence-electron chi connectivity index (χ3n) is 3.74. The average Bonchev–Trinajstić information content (AvgIpc) is 2.94. The van der Waals surface area contributed by atoms with Crippen LogP contribution < -0.4 is 4.74 Å². The van der Waals surface area contributed by atoms with E-state index in [0.717, 1.165) is 24.2 Å². The average molecular weight is 208 g/mol. The zero-order chi connectivity index (χ0) is 10.5. The molecule has 0 radical (unpaired) electrons. The topological polar surface area (TPSA) is 29.5 Å². The molecular formula is C12H13FO2. The number of ether oxygens (including phenoxy) is 1. The number of rotatable bonds is 1. The molecule has 1 heterocycles. The van der Waals surface area contributed by atoms with E-state index in [9.17, 15) is 9.50 Å². The van der Waals surface area contributed by atoms with Crippen LogP contribution in [0.15, 0.2) is 18.2 Å². The summed E-state index contributed by atoms with van der Waals surface area (Å²) in [7, 11) is 0. The van der Waals surface area contributed by atoms with Crippen molar-refractivity contribution in [1.82, 2.24) is 0 Å². The first kappa shape index (κ1) is 9.16. The molecule has 1 aromatic carbocycles. The van der Waals surface area contributed by atoms with Gasteiger partial charge in [-0.05, 0) is 37.0 Å². The van der Waals surface area contributed by atoms with Crippen LogP contribution in [0, 0.1) is 11.7 Å². The second-order valence-corrected chi connectivity index (χ2v) is 4.48. The molecule has 15 heavy (non-hydrogen) atoms. The predicted molar refractivity (Wildman–Crippen MR) is 53.4 cm³/mol. The summed E-state index contributed by atoms with van der Waals surface area (Å²) < 4.78 is 18.7. The van der Waals surface area contributed by atoms with Crippen molar-refractivity contribution in [3.8, 4) is 5.75 Å². The first-order valence-corrected chi connectivity index (χ1v) is 5.30. The normalized spacial score (nSPS) is 32.3. The second-order valence-electron chi connectivity index (χ2n) is 4.48. The Morgan fingerprint density at radius 3 is 3.13 bits per heavy atom. The van der Waals surface area contributed by atoms with E-state index in [2.05, 4.69) is 0 Å². The van der Waals surface area contributed by atoms with Gasteiger partial charge < -0.3 is 9.84 Å². The summed E-state index contributed by atoms with van der Waals surface area (Å²) in [4.78, 5) is 0. The molecule has 1 saturated carbocycles. The molecule has 1 aliphatic carbocycles. The quantitative estimate of drug-likeness (QED) is 0.763. The molecular weight excluding hydrogens is 195 g/mol. The molecule has 0 bridgehead atoms. The van der Waals surface area contributed by atoms with Crippen LogP contribution in [-0.4, -0.2) is 18.3 Å². The maximum absolute atomic E-state index is 13.2. The Morgan fingerprint density at radius 1 is 1.53 bits per heavy atom. The number of benzene rings is 1. The summed E-state index contributed by atoms with van der Waals surface area (Å²) in [5.41, 5.74) is 0.956. The number of halogens is 1. The lowest BCUT2D eigenvalue weighted by atomic mass is 9.87. The highest BCUT2D eigenvalue weighted by Crippen LogP contribution is 2.60. The Kier molecular flexibility index (Phi) is 1.80. The number of hydrogen-bond donors (Lipinski definition) is 1. The third kappa shape index (κ3) is 1.19. The van der Waals surface area contributed by atoms with Crippen LogP contribution in [0.1, 0.15) is 18.4 Å². The van der Waals surface area contributed by atoms with Crippen molar-refractivity contribution >= 4 is 0 Å². The van der Waals surface area contributed by atoms with Gasteiger partial charge in [-0.15, -0.1) is 0 Å². The van der Waals surface area contributed by atoms with Crippen LogP contribution in [-0.2, 0) is 5.41 Å². The first-order valence-electron chi connectivity index (χ1n) is 5.30. The van der Waals surface area contributed by atoms with Gasteiger partial charge in [0.2, 0.25) is 0 Å². The highest BCUT2D eigenvalue weighted by atomic mass is 19.1. The van der Waals surface area contributed by atoms with E-state index in [1.807, 2.05) is 0 Å². The first-order chi connectivity index (χ1) is 7.26. The van der Waals surface area contributed by atoms with Gasteiger partial charge in [-0.1, -0.05) is 0 Å². The van der Waals surface area contributed by atoms with Crippen LogP contribution in [0.25, 0.3) is 0 Å². The molecule has 0 aromatic heterocycles. The fraction of sp³-hybridized carbons (Fsp3) is 0.500. The SMILES string of the molecule is OC[C@H]1C[C@]12CCOc1ccc(F)cc12. The van der Waals surface area contributed by atoms with Crippen LogP contribution in [0.4, 0.5) is 4.39 Å². The number of aliphatic hydroxyl groups is 1. The number of fused-ring (bicyclic) bond motifs is 2. The maximum atomic E-state index is 13.2. The third-order valence-corrected chi connectivity index (χ3v) is 3.74. The Hall–Kier alpha value is -1.09. The number of hydrogen-bond acceptors (Lipinski definition) is 2. The van der Waals surface area contributed by atoms with Gasteiger partial charge in [0.25, 0.3) is 0 Å². The molecule has 2 atom stereocenters. The Labute approximate surface area is 87.7 Å². The second kappa shape index (κ2) is 2.95. The molecule has 3 rings (SSSR count). The summed E-state index contributed by atoms with van der Waals surface area (Å²) >= 11 is 0. The van der Waals surface area contributed by atoms with Gasteiger partial charge in [0.15, 0.2) is 0 Å². The Balaban J connectivity index is 2.07. The molecule has 2 aliphatic rings. The van der Waals surface area contributed by atoms with E-state index in [1.54, 1.807) is 12.1 Å². The maximum Gasteiger partial charge on any atom is 0.123 e. The molecule has 1 fully saturated rings. The van der Waals surface area contributed by atoms with Gasteiger partial charge >= 0.3 is 0 Å². The van der Waals surface area contributed by atoms with E-state index in [4.69, 9.17) is 4.74 Å². The van der Waals surface area contributed by atoms with Crippen molar-refractivity contribution in [2.75, 3.05) is 13.2 Å². The zero-order valence-corrected chi connectivity index (χ0v) is 8.37. The fourth-order valence-electron chi connectivity index (χ4n) is 2.75. The summed E-state index contributed by atoms with van der Waals surface area (Å²) in [6.07, 6.45) is 1.86. The van der Waals surface area contributed by atoms with E-state index < -0.39 is 0 Å². The highest BCUT2D eigenvalue weighted by molar-refractivity contribution is 5.46. The van der Waals surface area contributed by atoms with Gasteiger partial charge in [0, 0.05) is 17.6 Å². The van der Waals surface area contributed by atoms with Crippen molar-refractivity contribution in [3.05, 3.63) is 29.6 Å². The predicted octanol–water partition coefficient (Wildman–Crippen LogP) is 1.86. The molecule has 0 saturated heterocycles. The summed E-state index contributed by atoms with van der Waals surface area (Å²) in [5, 5.41) is 9.18. The van der Waals surface area contributed by atoms with Gasteiger partial charge in [-0.25, -0.2) is 4.39 Å². The van der Waals surface area contributed by atoms with E-state index in [-0.39, 0.29) is 17.8 Å². The summed E-state index contributed by atoms with van der Waals surface area (Å²) in [5.74, 6) is 0.864. The molecule has 1 aromatic rings. The molecule has 1 N–H and O–H groups in total. The van der Waals surface area contributed by atoms with Crippen LogP contribution in [0.3, 0.4) is 0 Å². The molecule has 3 heteroatoms. The molecule has 0 amide bonds. The minimum atomic E-state index is -0.220. The largest absolute Gasteiger partial charge is 0.493 e. The van der Waals surface area contributed by atoms with Crippen molar-refractivity contribution in [2.45, 2.75) is 18.3 Å². The highest BCUT2D eigenvalue weighted by Gasteiger charge is 2.57. The van der Waals surface area contributed by atoms with Gasteiger partial charge in [0.05, 0.1) is 6.61 Å². The Bertz CT molecular complexity index is 405. The smallest absolute Gasteiger partial charge is 0.123 e. The van der Waals surface area contributed by atoms with Crippen molar-refractivity contribution < 1.29 is 14.2 Å². The lowest BCUT2D eigenvalue weighted by molar-refractivity contribution is 0.224. The minimum absolute atomic E-state index is 0.00440. The van der Waals surface area contributed by atoms with Crippen LogP contribution >= 0.6 is 0 Å². The van der Waals surface area contributed by atoms with Gasteiger partial charge in [-0.2, -0.15) is 0 Å². The zero-order valence-electron chi connectivity index (χ0n) is 8.37. The van der Waals surface area contributed by atoms with E-state index in [0.29, 0.717) is 12.5 Å². The lowest BCUT2D eigenvalue weighted by Gasteiger charge is -2.26. The summed E-state index contributed by atoms with van der Waals surface area (Å²) in [6.45, 7) is 0.866. The van der Waals surface area contributed by atoms with Gasteiger partial charge in [-0.3, -0.25) is 0 Å². The van der Waals surface area contributed by atoms with Crippen molar-refractivity contribution in [1.29, 1.82) is 0 Å². The van der Waals surface area contributed by atoms with E-state index >= 15 is 0 Å². The van der Waals surface area contributed by atoms with E-state index in [1.165, 1.54) is 6.07 Å². The van der Waals surface area contributed by atoms with Gasteiger partial charge in [0.1, 0.15) is 11.6 Å². The van der Waals surface area contributed by atoms with Crippen molar-refractivity contribution in [2.24, 2.45) is 5.92 Å². The molecule has 0 unspecified atom stereocenters. The monoisotopic (exact) mass is 208 g/mol. The lowest BCUT2D eigenvalue weighted by Crippen LogP contribution is -2.22. The molecule has 1 aliphatic heterocycles. The minimum Gasteiger partial charge on any atom is -0.493 e. The molecule has 2 nitrogen and oxygen atoms in total. The molecule has 1 spiro atoms. The summed E-state index contributed by atoms with van der Waals surface area (Å²) in [6, 6.07) is 4.68. The van der Waals surface area contributed by atoms with Crippen LogP contribution in [0.5, 0.6) is 5.75 Å². The van der Waals surface area contributed by atoms with Crippen molar-refractivity contribution in [3.63, 3.8) is 0 Å². The standard InChI is InChI=1S/C12H13FO2/c13-9-1-2-11-10(5-9)12(3-4-15-11)6-8(12)7-14/h1-2,5,8,14H,3-4,6-7H2/t8-,12-/m1/s1. The fourth-order valence-corrected chi connectivity index (χ4v) is 2.75. The Morgan fingerprint density at radius 2 is 2.40 bits per heavy atom. The number of aliphatic hydroxyl groups excluding tert-OH is 1.